The van der Waals surface area contributed by atoms with Crippen LogP contribution in [0.5, 0.6) is 0 Å². The molecule has 0 radical (unpaired) electrons. The first-order valence-corrected chi connectivity index (χ1v) is 11.6. The normalized spacial score (nSPS) is 18.9. The third-order valence-electron chi connectivity index (χ3n) is 6.77. The third kappa shape index (κ3) is 4.49. The van der Waals surface area contributed by atoms with Gasteiger partial charge in [0.15, 0.2) is 28.9 Å². The van der Waals surface area contributed by atoms with Crippen LogP contribution in [0.15, 0.2) is 37.1 Å². The number of aliphatic hydroxyl groups is 1. The number of halogens is 5. The molecule has 5 N–H and O–H groups in total. The highest BCUT2D eigenvalue weighted by Crippen LogP contribution is 2.34. The minimum Gasteiger partial charge on any atom is -0.385 e. The molecule has 0 aliphatic carbocycles. The van der Waals surface area contributed by atoms with E-state index in [4.69, 9.17) is 11.5 Å². The van der Waals surface area contributed by atoms with Gasteiger partial charge < -0.3 is 26.0 Å². The number of hydrogen-bond donors (Lipinski definition) is 3. The largest absolute Gasteiger partial charge is 0.385 e. The second-order valence-electron chi connectivity index (χ2n) is 9.26. The maximum atomic E-state index is 14.6. The second-order valence-corrected chi connectivity index (χ2v) is 9.26. The van der Waals surface area contributed by atoms with Crippen LogP contribution < -0.4 is 16.4 Å². The molecule has 0 bridgehead atoms. The summed E-state index contributed by atoms with van der Waals surface area (Å²) in [6, 6.07) is 3.36. The number of rotatable bonds is 6. The Morgan fingerprint density at radius 1 is 1.08 bits per heavy atom. The number of aromatic nitrogens is 5. The molecule has 1 aliphatic heterocycles. The summed E-state index contributed by atoms with van der Waals surface area (Å²) in [7, 11) is 0. The number of piperidine rings is 1. The van der Waals surface area contributed by atoms with Crippen LogP contribution in [0.3, 0.4) is 0 Å². The zero-order valence-corrected chi connectivity index (χ0v) is 19.8. The van der Waals surface area contributed by atoms with Crippen LogP contribution in [-0.2, 0) is 6.54 Å². The Bertz CT molecular complexity index is 1500. The fourth-order valence-electron chi connectivity index (χ4n) is 4.78. The minimum atomic E-state index is -3.03. The monoisotopic (exact) mass is 534 g/mol. The molecule has 38 heavy (non-hydrogen) atoms. The molecule has 2 atom stereocenters. The second kappa shape index (κ2) is 9.76. The summed E-state index contributed by atoms with van der Waals surface area (Å²) in [5.74, 6) is -4.20. The summed E-state index contributed by atoms with van der Waals surface area (Å²) in [5, 5.41) is 10.1. The summed E-state index contributed by atoms with van der Waals surface area (Å²) in [6.07, 6.45) is -0.358. The lowest BCUT2D eigenvalue weighted by molar-refractivity contribution is -0.0529. The number of nitrogens with two attached hydrogens (primary N) is 2. The number of nitrogen functional groups attached to an aromatic ring is 1. The number of anilines is 2. The van der Waals surface area contributed by atoms with E-state index in [0.29, 0.717) is 35.4 Å². The van der Waals surface area contributed by atoms with Gasteiger partial charge in [-0.15, -0.1) is 0 Å². The Hall–Kier alpha value is -3.91. The summed E-state index contributed by atoms with van der Waals surface area (Å²) < 4.78 is 70.5. The highest BCUT2D eigenvalue weighted by Gasteiger charge is 2.43. The highest BCUT2D eigenvalue weighted by atomic mass is 19.3. The lowest BCUT2D eigenvalue weighted by Gasteiger charge is -2.44. The molecule has 3 aromatic heterocycles. The molecule has 0 spiro atoms. The SMILES string of the molecule is Nc1ncnc2c1ncn2Cc1cc(-c2ccc(F)c(F)c2F)ncc1N1CCC[C@](N)([C@@H](O)C(F)F)C1. The van der Waals surface area contributed by atoms with Crippen LogP contribution >= 0.6 is 0 Å². The number of hydrogen-bond acceptors (Lipinski definition) is 8. The van der Waals surface area contributed by atoms with Crippen LogP contribution in [0.4, 0.5) is 33.5 Å². The van der Waals surface area contributed by atoms with Gasteiger partial charge >= 0.3 is 0 Å². The number of pyridine rings is 1. The predicted molar refractivity (Wildman–Crippen MR) is 129 cm³/mol. The minimum absolute atomic E-state index is 0.0161. The fourth-order valence-corrected chi connectivity index (χ4v) is 4.78. The molecule has 1 aliphatic rings. The van der Waals surface area contributed by atoms with Crippen molar-refractivity contribution in [2.45, 2.75) is 37.5 Å². The first-order valence-electron chi connectivity index (χ1n) is 11.6. The molecule has 1 saturated heterocycles. The molecular formula is C24H23F5N8O. The van der Waals surface area contributed by atoms with Crippen LogP contribution in [0.25, 0.3) is 22.4 Å². The van der Waals surface area contributed by atoms with E-state index in [0.717, 1.165) is 12.1 Å². The van der Waals surface area contributed by atoms with Crippen molar-refractivity contribution in [1.29, 1.82) is 0 Å². The van der Waals surface area contributed by atoms with Crippen molar-refractivity contribution < 1.29 is 27.1 Å². The highest BCUT2D eigenvalue weighted by molar-refractivity contribution is 5.81. The van der Waals surface area contributed by atoms with Crippen LogP contribution in [-0.4, -0.2) is 60.8 Å². The van der Waals surface area contributed by atoms with E-state index >= 15 is 0 Å². The van der Waals surface area contributed by atoms with Crippen LogP contribution in [0.1, 0.15) is 18.4 Å². The molecule has 0 unspecified atom stereocenters. The van der Waals surface area contributed by atoms with Gasteiger partial charge in [-0.05, 0) is 36.6 Å². The van der Waals surface area contributed by atoms with E-state index in [1.807, 2.05) is 0 Å². The van der Waals surface area contributed by atoms with Crippen LogP contribution in [0.2, 0.25) is 0 Å². The standard InChI is InChI=1S/C24H23F5N8O/c25-14-3-2-13(17(26)18(14)27)15-6-12(8-37-11-35-19-22(30)33-10-34-23(19)37)16(7-32-15)36-5-1-4-24(31,9-36)20(38)21(28)29/h2-3,6-7,10-11,20-21,38H,1,4-5,8-9,31H2,(H2,30,33,34)/t20-,24+/m0/s1. The van der Waals surface area contributed by atoms with E-state index in [1.54, 1.807) is 9.47 Å². The van der Waals surface area contributed by atoms with Crippen LogP contribution in [0, 0.1) is 17.5 Å². The number of benzene rings is 1. The van der Waals surface area contributed by atoms with Gasteiger partial charge in [0.2, 0.25) is 0 Å². The van der Waals surface area contributed by atoms with Crippen molar-refractivity contribution in [3.05, 3.63) is 60.1 Å². The molecule has 4 aromatic rings. The zero-order chi connectivity index (χ0) is 27.2. The molecule has 200 valence electrons. The van der Waals surface area contributed by atoms with E-state index in [9.17, 15) is 27.1 Å². The van der Waals surface area contributed by atoms with Crippen molar-refractivity contribution in [1.82, 2.24) is 24.5 Å². The Morgan fingerprint density at radius 3 is 2.63 bits per heavy atom. The van der Waals surface area contributed by atoms with Gasteiger partial charge in [0.05, 0.1) is 36.0 Å². The Morgan fingerprint density at radius 2 is 1.87 bits per heavy atom. The Kier molecular flexibility index (Phi) is 6.61. The maximum absolute atomic E-state index is 14.6. The molecule has 0 saturated carbocycles. The lowest BCUT2D eigenvalue weighted by Crippen LogP contribution is -2.63. The van der Waals surface area contributed by atoms with Gasteiger partial charge in [-0.2, -0.15) is 0 Å². The first-order chi connectivity index (χ1) is 18.1. The van der Waals surface area contributed by atoms with E-state index in [2.05, 4.69) is 19.9 Å². The quantitative estimate of drug-likeness (QED) is 0.254. The van der Waals surface area contributed by atoms with E-state index in [1.165, 1.54) is 24.9 Å². The molecule has 1 fully saturated rings. The van der Waals surface area contributed by atoms with Crippen molar-refractivity contribution in [2.24, 2.45) is 5.73 Å². The van der Waals surface area contributed by atoms with E-state index in [-0.39, 0.29) is 36.6 Å². The summed E-state index contributed by atoms with van der Waals surface area (Å²) in [5.41, 5.74) is 12.0. The van der Waals surface area contributed by atoms with Gasteiger partial charge in [-0.3, -0.25) is 4.98 Å². The first kappa shape index (κ1) is 25.7. The van der Waals surface area contributed by atoms with Gasteiger partial charge in [0, 0.05) is 18.7 Å². The maximum Gasteiger partial charge on any atom is 0.265 e. The fraction of sp³-hybridized carbons (Fsp3) is 0.333. The van der Waals surface area contributed by atoms with Gasteiger partial charge in [0.1, 0.15) is 17.9 Å². The number of nitrogens with zero attached hydrogens (tertiary/aromatic N) is 6. The smallest absolute Gasteiger partial charge is 0.265 e. The average Bonchev–Trinajstić information content (AvgIpc) is 3.31. The molecule has 1 aromatic carbocycles. The third-order valence-corrected chi connectivity index (χ3v) is 6.77. The average molecular weight is 534 g/mol. The number of fused-ring (bicyclic) bond motifs is 1. The van der Waals surface area contributed by atoms with Gasteiger partial charge in [-0.25, -0.2) is 36.9 Å². The summed E-state index contributed by atoms with van der Waals surface area (Å²) >= 11 is 0. The molecule has 4 heterocycles. The van der Waals surface area contributed by atoms with Gasteiger partial charge in [-0.1, -0.05) is 0 Å². The summed E-state index contributed by atoms with van der Waals surface area (Å²) in [6.45, 7) is 0.405. The Labute approximate surface area is 213 Å². The number of aliphatic hydroxyl groups excluding tert-OH is 1. The number of alkyl halides is 2. The van der Waals surface area contributed by atoms with E-state index < -0.39 is 35.5 Å². The lowest BCUT2D eigenvalue weighted by atomic mass is 9.84. The van der Waals surface area contributed by atoms with Crippen molar-refractivity contribution >= 4 is 22.7 Å². The molecule has 14 heteroatoms. The zero-order valence-electron chi connectivity index (χ0n) is 19.8. The Balaban J connectivity index is 1.60. The van der Waals surface area contributed by atoms with Crippen molar-refractivity contribution in [3.8, 4) is 11.3 Å². The number of imidazole rings is 1. The summed E-state index contributed by atoms with van der Waals surface area (Å²) in [4.78, 5) is 18.3. The molecular weight excluding hydrogens is 511 g/mol. The molecule has 9 nitrogen and oxygen atoms in total. The molecule has 0 amide bonds. The molecule has 5 rings (SSSR count). The van der Waals surface area contributed by atoms with Gasteiger partial charge in [0.25, 0.3) is 6.43 Å². The predicted octanol–water partition coefficient (Wildman–Crippen LogP) is 2.86. The topological polar surface area (TPSA) is 132 Å². The van der Waals surface area contributed by atoms with Crippen molar-refractivity contribution in [3.63, 3.8) is 0 Å². The van der Waals surface area contributed by atoms with Crippen molar-refractivity contribution in [2.75, 3.05) is 23.7 Å².